The maximum absolute atomic E-state index is 12.2. The molecule has 3 heterocycles. The Bertz CT molecular complexity index is 675. The maximum Gasteiger partial charge on any atom is 0.410 e. The maximum atomic E-state index is 12.2. The SMILES string of the molecule is CC(C)(C)OC(=O)N1CCC2(CC1)CCN(c1ccc([N+](=O)[O-])cn1)C2. The number of hydrogen-bond donors (Lipinski definition) is 0. The molecular weight excluding hydrogens is 336 g/mol. The normalized spacial score (nSPS) is 19.7. The highest BCUT2D eigenvalue weighted by Crippen LogP contribution is 2.41. The Kier molecular flexibility index (Phi) is 4.77. The Morgan fingerprint density at radius 1 is 1.23 bits per heavy atom. The Hall–Kier alpha value is -2.38. The minimum atomic E-state index is -0.474. The first-order valence-corrected chi connectivity index (χ1v) is 9.01. The van der Waals surface area contributed by atoms with Crippen LogP contribution in [0.2, 0.25) is 0 Å². The van der Waals surface area contributed by atoms with E-state index in [-0.39, 0.29) is 17.2 Å². The number of ether oxygens (including phenoxy) is 1. The van der Waals surface area contributed by atoms with Gasteiger partial charge in [0.15, 0.2) is 0 Å². The zero-order valence-electron chi connectivity index (χ0n) is 15.6. The molecule has 0 atom stereocenters. The van der Waals surface area contributed by atoms with E-state index in [2.05, 4.69) is 9.88 Å². The quantitative estimate of drug-likeness (QED) is 0.593. The molecule has 0 bridgehead atoms. The van der Waals surface area contributed by atoms with Crippen LogP contribution in [-0.2, 0) is 4.74 Å². The van der Waals surface area contributed by atoms with Gasteiger partial charge in [0.05, 0.1) is 4.92 Å². The second kappa shape index (κ2) is 6.74. The summed E-state index contributed by atoms with van der Waals surface area (Å²) in [5, 5.41) is 10.8. The van der Waals surface area contributed by atoms with Crippen molar-refractivity contribution < 1.29 is 14.5 Å². The van der Waals surface area contributed by atoms with Crippen LogP contribution in [0.1, 0.15) is 40.0 Å². The van der Waals surface area contributed by atoms with Crippen LogP contribution in [0, 0.1) is 15.5 Å². The minimum Gasteiger partial charge on any atom is -0.444 e. The molecule has 26 heavy (non-hydrogen) atoms. The van der Waals surface area contributed by atoms with Gasteiger partial charge in [-0.3, -0.25) is 10.1 Å². The first-order valence-electron chi connectivity index (χ1n) is 9.01. The number of hydrogen-bond acceptors (Lipinski definition) is 6. The van der Waals surface area contributed by atoms with Gasteiger partial charge in [-0.25, -0.2) is 9.78 Å². The van der Waals surface area contributed by atoms with Gasteiger partial charge in [0.1, 0.15) is 17.6 Å². The monoisotopic (exact) mass is 362 g/mol. The molecule has 3 rings (SSSR count). The second-order valence-corrected chi connectivity index (χ2v) is 8.27. The predicted octanol–water partition coefficient (Wildman–Crippen LogP) is 3.22. The van der Waals surface area contributed by atoms with E-state index in [1.807, 2.05) is 20.8 Å². The molecule has 2 aliphatic heterocycles. The molecular formula is C18H26N4O4. The number of rotatable bonds is 2. The van der Waals surface area contributed by atoms with Crippen LogP contribution in [0.3, 0.4) is 0 Å². The number of nitrogens with zero attached hydrogens (tertiary/aromatic N) is 4. The van der Waals surface area contributed by atoms with Crippen molar-refractivity contribution in [3.8, 4) is 0 Å². The van der Waals surface area contributed by atoms with E-state index in [0.717, 1.165) is 38.2 Å². The molecule has 8 heteroatoms. The van der Waals surface area contributed by atoms with Gasteiger partial charge in [0.2, 0.25) is 0 Å². The number of amides is 1. The highest BCUT2D eigenvalue weighted by Gasteiger charge is 2.42. The Balaban J connectivity index is 1.57. The lowest BCUT2D eigenvalue weighted by atomic mass is 9.78. The predicted molar refractivity (Wildman–Crippen MR) is 97.2 cm³/mol. The average Bonchev–Trinajstić information content (AvgIpc) is 2.98. The van der Waals surface area contributed by atoms with E-state index >= 15 is 0 Å². The van der Waals surface area contributed by atoms with E-state index in [0.29, 0.717) is 13.1 Å². The van der Waals surface area contributed by atoms with Crippen molar-refractivity contribution in [2.24, 2.45) is 5.41 Å². The fraction of sp³-hybridized carbons (Fsp3) is 0.667. The summed E-state index contributed by atoms with van der Waals surface area (Å²) in [5.41, 5.74) is -0.284. The molecule has 0 unspecified atom stereocenters. The lowest BCUT2D eigenvalue weighted by Gasteiger charge is -2.39. The van der Waals surface area contributed by atoms with Crippen molar-refractivity contribution in [1.29, 1.82) is 0 Å². The molecule has 0 aliphatic carbocycles. The minimum absolute atomic E-state index is 0.00771. The van der Waals surface area contributed by atoms with E-state index in [4.69, 9.17) is 4.74 Å². The molecule has 1 aromatic rings. The second-order valence-electron chi connectivity index (χ2n) is 8.27. The van der Waals surface area contributed by atoms with Gasteiger partial charge in [0, 0.05) is 32.2 Å². The Morgan fingerprint density at radius 2 is 1.88 bits per heavy atom. The van der Waals surface area contributed by atoms with E-state index in [1.54, 1.807) is 11.0 Å². The van der Waals surface area contributed by atoms with Gasteiger partial charge in [-0.05, 0) is 51.5 Å². The van der Waals surface area contributed by atoms with Crippen molar-refractivity contribution in [3.63, 3.8) is 0 Å². The largest absolute Gasteiger partial charge is 0.444 e. The molecule has 2 aliphatic rings. The van der Waals surface area contributed by atoms with E-state index < -0.39 is 10.5 Å². The van der Waals surface area contributed by atoms with Crippen LogP contribution < -0.4 is 4.90 Å². The highest BCUT2D eigenvalue weighted by atomic mass is 16.6. The molecule has 0 radical (unpaired) electrons. The highest BCUT2D eigenvalue weighted by molar-refractivity contribution is 5.68. The van der Waals surface area contributed by atoms with Crippen LogP contribution in [0.25, 0.3) is 0 Å². The topological polar surface area (TPSA) is 88.8 Å². The molecule has 0 N–H and O–H groups in total. The summed E-state index contributed by atoms with van der Waals surface area (Å²) in [6, 6.07) is 3.21. The van der Waals surface area contributed by atoms with Gasteiger partial charge in [-0.15, -0.1) is 0 Å². The summed E-state index contributed by atoms with van der Waals surface area (Å²) in [4.78, 5) is 30.8. The average molecular weight is 362 g/mol. The van der Waals surface area contributed by atoms with Crippen molar-refractivity contribution in [2.75, 3.05) is 31.1 Å². The first-order chi connectivity index (χ1) is 12.2. The number of piperidine rings is 1. The number of nitro groups is 1. The third kappa shape index (κ3) is 4.05. The van der Waals surface area contributed by atoms with Crippen molar-refractivity contribution in [2.45, 2.75) is 45.6 Å². The smallest absolute Gasteiger partial charge is 0.410 e. The van der Waals surface area contributed by atoms with Crippen molar-refractivity contribution in [1.82, 2.24) is 9.88 Å². The van der Waals surface area contributed by atoms with Crippen LogP contribution in [0.4, 0.5) is 16.3 Å². The van der Waals surface area contributed by atoms with Crippen LogP contribution in [-0.4, -0.2) is 52.7 Å². The third-order valence-corrected chi connectivity index (χ3v) is 5.18. The molecule has 142 valence electrons. The molecule has 1 spiro atoms. The number of anilines is 1. The summed E-state index contributed by atoms with van der Waals surface area (Å²) < 4.78 is 5.46. The van der Waals surface area contributed by atoms with Crippen molar-refractivity contribution >= 4 is 17.6 Å². The summed E-state index contributed by atoms with van der Waals surface area (Å²) in [7, 11) is 0. The Morgan fingerprint density at radius 3 is 2.42 bits per heavy atom. The zero-order valence-corrected chi connectivity index (χ0v) is 15.6. The first kappa shape index (κ1) is 18.4. The number of carbonyl (C=O) groups excluding carboxylic acids is 1. The van der Waals surface area contributed by atoms with Gasteiger partial charge < -0.3 is 14.5 Å². The summed E-state index contributed by atoms with van der Waals surface area (Å²) in [6.45, 7) is 8.80. The van der Waals surface area contributed by atoms with Crippen LogP contribution in [0.15, 0.2) is 18.3 Å². The lowest BCUT2D eigenvalue weighted by Crippen LogP contribution is -2.46. The molecule has 8 nitrogen and oxygen atoms in total. The molecule has 2 fully saturated rings. The summed E-state index contributed by atoms with van der Waals surface area (Å²) in [6.07, 6.45) is 4.00. The van der Waals surface area contributed by atoms with Gasteiger partial charge >= 0.3 is 6.09 Å². The molecule has 0 saturated carbocycles. The lowest BCUT2D eigenvalue weighted by molar-refractivity contribution is -0.385. The van der Waals surface area contributed by atoms with E-state index in [1.165, 1.54) is 12.3 Å². The fourth-order valence-electron chi connectivity index (χ4n) is 3.70. The number of pyridine rings is 1. The van der Waals surface area contributed by atoms with Gasteiger partial charge in [-0.1, -0.05) is 0 Å². The van der Waals surface area contributed by atoms with E-state index in [9.17, 15) is 14.9 Å². The van der Waals surface area contributed by atoms with Crippen molar-refractivity contribution in [3.05, 3.63) is 28.4 Å². The van der Waals surface area contributed by atoms with Crippen LogP contribution in [0.5, 0.6) is 0 Å². The molecule has 2 saturated heterocycles. The zero-order chi connectivity index (χ0) is 18.9. The third-order valence-electron chi connectivity index (χ3n) is 5.18. The van der Waals surface area contributed by atoms with Crippen LogP contribution >= 0.6 is 0 Å². The standard InChI is InChI=1S/C18H26N4O4/c1-17(2,3)26-16(23)20-9-6-18(7-10-20)8-11-21(13-18)15-5-4-14(12-19-15)22(24)25/h4-5,12H,6-11,13H2,1-3H3. The summed E-state index contributed by atoms with van der Waals surface area (Å²) in [5.74, 6) is 0.780. The Labute approximate surface area is 153 Å². The van der Waals surface area contributed by atoms with Gasteiger partial charge in [0.25, 0.3) is 5.69 Å². The molecule has 1 amide bonds. The number of carbonyl (C=O) groups is 1. The number of likely N-dealkylation sites (tertiary alicyclic amines) is 1. The number of aromatic nitrogens is 1. The fourth-order valence-corrected chi connectivity index (χ4v) is 3.70. The summed E-state index contributed by atoms with van der Waals surface area (Å²) >= 11 is 0. The molecule has 1 aromatic heterocycles. The molecule has 0 aromatic carbocycles. The van der Waals surface area contributed by atoms with Gasteiger partial charge in [-0.2, -0.15) is 0 Å².